The van der Waals surface area contributed by atoms with Gasteiger partial charge < -0.3 is 9.47 Å². The van der Waals surface area contributed by atoms with E-state index in [1.54, 1.807) is 6.92 Å². The van der Waals surface area contributed by atoms with Gasteiger partial charge in [-0.25, -0.2) is 0 Å². The first-order chi connectivity index (χ1) is 6.18. The van der Waals surface area contributed by atoms with Gasteiger partial charge in [0.25, 0.3) is 0 Å². The monoisotopic (exact) mass is 190 g/mol. The minimum Gasteiger partial charge on any atom is -0.466 e. The fourth-order valence-electron chi connectivity index (χ4n) is 0.407. The first-order valence-corrected chi connectivity index (χ1v) is 4.40. The van der Waals surface area contributed by atoms with Gasteiger partial charge in [-0.15, -0.1) is 13.2 Å². The molecule has 0 aromatic heterocycles. The van der Waals surface area contributed by atoms with E-state index in [1.807, 2.05) is 13.8 Å². The number of hydrogen-bond donors (Lipinski definition) is 0. The Hall–Kier alpha value is -0.830. The summed E-state index contributed by atoms with van der Waals surface area (Å²) in [5, 5.41) is 0. The van der Waals surface area contributed by atoms with Crippen molar-refractivity contribution < 1.29 is 14.3 Å². The lowest BCUT2D eigenvalue weighted by Crippen LogP contribution is -1.95. The van der Waals surface area contributed by atoms with Gasteiger partial charge in [-0.2, -0.15) is 0 Å². The van der Waals surface area contributed by atoms with E-state index in [1.165, 1.54) is 6.92 Å². The third kappa shape index (κ3) is 54.0. The summed E-state index contributed by atoms with van der Waals surface area (Å²) in [6, 6.07) is 0. The summed E-state index contributed by atoms with van der Waals surface area (Å²) < 4.78 is 9.24. The molecule has 0 radical (unpaired) electrons. The van der Waals surface area contributed by atoms with Crippen LogP contribution in [-0.2, 0) is 14.3 Å². The molecule has 0 aliphatic rings. The van der Waals surface area contributed by atoms with E-state index in [2.05, 4.69) is 17.9 Å². The van der Waals surface area contributed by atoms with Crippen molar-refractivity contribution in [1.82, 2.24) is 0 Å². The number of rotatable bonds is 3. The molecule has 0 bridgehead atoms. The molecule has 0 amide bonds. The van der Waals surface area contributed by atoms with Crippen molar-refractivity contribution >= 4 is 5.97 Å². The van der Waals surface area contributed by atoms with E-state index in [-0.39, 0.29) is 5.97 Å². The Kier molecular flexibility index (Phi) is 31.2. The zero-order chi connectivity index (χ0) is 11.1. The third-order valence-corrected chi connectivity index (χ3v) is 0.756. The van der Waals surface area contributed by atoms with E-state index >= 15 is 0 Å². The molecule has 3 nitrogen and oxygen atoms in total. The molecule has 13 heavy (non-hydrogen) atoms. The zero-order valence-electron chi connectivity index (χ0n) is 9.26. The highest BCUT2D eigenvalue weighted by Crippen LogP contribution is 1.69. The average molecular weight is 190 g/mol. The van der Waals surface area contributed by atoms with E-state index in [0.717, 1.165) is 13.2 Å². The van der Waals surface area contributed by atoms with E-state index in [4.69, 9.17) is 4.74 Å². The van der Waals surface area contributed by atoms with Crippen LogP contribution < -0.4 is 0 Å². The van der Waals surface area contributed by atoms with Gasteiger partial charge in [0, 0.05) is 20.1 Å². The molecule has 0 aromatic rings. The predicted octanol–water partition coefficient (Wildman–Crippen LogP) is 2.41. The largest absolute Gasteiger partial charge is 0.466 e. The van der Waals surface area contributed by atoms with E-state index in [9.17, 15) is 4.79 Å². The summed E-state index contributed by atoms with van der Waals surface area (Å²) >= 11 is 0. The summed E-state index contributed by atoms with van der Waals surface area (Å²) in [4.78, 5) is 9.82. The number of carbonyl (C=O) groups is 1. The van der Waals surface area contributed by atoms with Gasteiger partial charge >= 0.3 is 5.97 Å². The highest BCUT2D eigenvalue weighted by Gasteiger charge is 1.81. The van der Waals surface area contributed by atoms with E-state index < -0.39 is 0 Å². The van der Waals surface area contributed by atoms with Gasteiger partial charge in [-0.3, -0.25) is 4.79 Å². The standard InChI is InChI=1S/C4H8O2.C4H10O.C2H4/c1-3-6-4(2)5;1-3-5-4-2;1-2/h3H2,1-2H3;3-4H2,1-2H3;1-2H2. The quantitative estimate of drug-likeness (QED) is 0.506. The maximum absolute atomic E-state index is 9.82. The lowest BCUT2D eigenvalue weighted by atomic mass is 10.8. The summed E-state index contributed by atoms with van der Waals surface area (Å²) in [5.74, 6) is -0.211. The molecule has 0 N–H and O–H groups in total. The Morgan fingerprint density at radius 3 is 1.46 bits per heavy atom. The summed E-state index contributed by atoms with van der Waals surface area (Å²) in [6.07, 6.45) is 0. The lowest BCUT2D eigenvalue weighted by molar-refractivity contribution is -0.140. The van der Waals surface area contributed by atoms with Crippen molar-refractivity contribution in [3.63, 3.8) is 0 Å². The minimum atomic E-state index is -0.211. The lowest BCUT2D eigenvalue weighted by Gasteiger charge is -1.89. The van der Waals surface area contributed by atoms with Crippen molar-refractivity contribution in [2.45, 2.75) is 27.7 Å². The Balaban J connectivity index is -0.000000131. The van der Waals surface area contributed by atoms with Crippen LogP contribution in [-0.4, -0.2) is 25.8 Å². The zero-order valence-corrected chi connectivity index (χ0v) is 9.26. The summed E-state index contributed by atoms with van der Waals surface area (Å²) in [6.45, 7) is 15.3. The molecule has 80 valence electrons. The van der Waals surface area contributed by atoms with Crippen molar-refractivity contribution in [3.05, 3.63) is 13.2 Å². The van der Waals surface area contributed by atoms with Gasteiger partial charge in [0.15, 0.2) is 0 Å². The molecule has 0 aliphatic carbocycles. The van der Waals surface area contributed by atoms with Crippen LogP contribution in [0.15, 0.2) is 13.2 Å². The average Bonchev–Trinajstić information content (AvgIpc) is 2.10. The van der Waals surface area contributed by atoms with Crippen LogP contribution in [0.5, 0.6) is 0 Å². The van der Waals surface area contributed by atoms with Crippen molar-refractivity contribution in [3.8, 4) is 0 Å². The van der Waals surface area contributed by atoms with Crippen LogP contribution in [0.3, 0.4) is 0 Å². The topological polar surface area (TPSA) is 35.5 Å². The Morgan fingerprint density at radius 1 is 1.08 bits per heavy atom. The fraction of sp³-hybridized carbons (Fsp3) is 0.700. The number of carbonyl (C=O) groups excluding carboxylic acids is 1. The second-order valence-electron chi connectivity index (χ2n) is 1.71. The van der Waals surface area contributed by atoms with Crippen LogP contribution in [0.1, 0.15) is 27.7 Å². The highest BCUT2D eigenvalue weighted by atomic mass is 16.5. The molecule has 3 heteroatoms. The SMILES string of the molecule is C=C.CCOC(C)=O.CCOCC. The smallest absolute Gasteiger partial charge is 0.302 e. The van der Waals surface area contributed by atoms with Crippen molar-refractivity contribution in [2.24, 2.45) is 0 Å². The van der Waals surface area contributed by atoms with Crippen LogP contribution in [0, 0.1) is 0 Å². The van der Waals surface area contributed by atoms with Crippen molar-refractivity contribution in [1.29, 1.82) is 0 Å². The third-order valence-electron chi connectivity index (χ3n) is 0.756. The second-order valence-corrected chi connectivity index (χ2v) is 1.71. The van der Waals surface area contributed by atoms with E-state index in [0.29, 0.717) is 6.61 Å². The minimum absolute atomic E-state index is 0.211. The second kappa shape index (κ2) is 22.5. The molecule has 0 spiro atoms. The van der Waals surface area contributed by atoms with Crippen LogP contribution in [0.25, 0.3) is 0 Å². The summed E-state index contributed by atoms with van der Waals surface area (Å²) in [7, 11) is 0. The fourth-order valence-corrected chi connectivity index (χ4v) is 0.407. The molecule has 0 heterocycles. The molecule has 0 rings (SSSR count). The number of esters is 1. The maximum atomic E-state index is 9.82. The molecule has 0 aliphatic heterocycles. The molecule has 0 unspecified atom stereocenters. The van der Waals surface area contributed by atoms with Crippen molar-refractivity contribution in [2.75, 3.05) is 19.8 Å². The maximum Gasteiger partial charge on any atom is 0.302 e. The number of hydrogen-bond acceptors (Lipinski definition) is 3. The van der Waals surface area contributed by atoms with Gasteiger partial charge in [-0.1, -0.05) is 0 Å². The Labute approximate surface area is 81.7 Å². The Morgan fingerprint density at radius 2 is 1.46 bits per heavy atom. The first-order valence-electron chi connectivity index (χ1n) is 4.40. The van der Waals surface area contributed by atoms with Crippen LogP contribution in [0.2, 0.25) is 0 Å². The van der Waals surface area contributed by atoms with Crippen LogP contribution >= 0.6 is 0 Å². The van der Waals surface area contributed by atoms with Gasteiger partial charge in [-0.05, 0) is 20.8 Å². The summed E-state index contributed by atoms with van der Waals surface area (Å²) in [5.41, 5.74) is 0. The van der Waals surface area contributed by atoms with Gasteiger partial charge in [0.1, 0.15) is 0 Å². The Bertz CT molecular complexity index is 90.2. The molecule has 0 saturated heterocycles. The number of ether oxygens (including phenoxy) is 2. The van der Waals surface area contributed by atoms with Gasteiger partial charge in [0.2, 0.25) is 0 Å². The molecular formula is C10H22O3. The van der Waals surface area contributed by atoms with Crippen LogP contribution in [0.4, 0.5) is 0 Å². The molecule has 0 fully saturated rings. The molecule has 0 atom stereocenters. The highest BCUT2D eigenvalue weighted by molar-refractivity contribution is 5.65. The predicted molar refractivity (Wildman–Crippen MR) is 55.7 cm³/mol. The normalized spacial score (nSPS) is 7.08. The first kappa shape index (κ1) is 18.1. The molecule has 0 aromatic carbocycles. The van der Waals surface area contributed by atoms with Gasteiger partial charge in [0.05, 0.1) is 6.61 Å². The molecular weight excluding hydrogens is 168 g/mol. The molecule has 0 saturated carbocycles.